The van der Waals surface area contributed by atoms with Gasteiger partial charge in [0.25, 0.3) is 0 Å². The highest BCUT2D eigenvalue weighted by atomic mass is 32.1. The van der Waals surface area contributed by atoms with Crippen LogP contribution in [0.5, 0.6) is 0 Å². The normalized spacial score (nSPS) is 11.8. The molecule has 3 heterocycles. The van der Waals surface area contributed by atoms with Crippen LogP contribution in [0.15, 0.2) is 186 Å². The van der Waals surface area contributed by atoms with Crippen LogP contribution in [0.4, 0.5) is 0 Å². The van der Waals surface area contributed by atoms with Crippen molar-refractivity contribution in [3.05, 3.63) is 182 Å². The van der Waals surface area contributed by atoms with Gasteiger partial charge in [-0.15, -0.1) is 11.3 Å². The zero-order chi connectivity index (χ0) is 34.9. The van der Waals surface area contributed by atoms with Gasteiger partial charge in [-0.1, -0.05) is 121 Å². The van der Waals surface area contributed by atoms with E-state index in [4.69, 9.17) is 9.40 Å². The van der Waals surface area contributed by atoms with E-state index in [1.54, 1.807) is 0 Å². The number of furan rings is 1. The third kappa shape index (κ3) is 4.84. The van der Waals surface area contributed by atoms with Crippen molar-refractivity contribution in [3.63, 3.8) is 0 Å². The van der Waals surface area contributed by atoms with Crippen molar-refractivity contribution in [1.29, 1.82) is 0 Å². The minimum Gasteiger partial charge on any atom is -0.455 e. The molecule has 4 heteroatoms. The number of hydrogen-bond acceptors (Lipinski definition) is 3. The quantitative estimate of drug-likeness (QED) is 0.180. The van der Waals surface area contributed by atoms with Crippen LogP contribution < -0.4 is 0 Å². The van der Waals surface area contributed by atoms with Crippen LogP contribution in [0.25, 0.3) is 104 Å². The predicted molar refractivity (Wildman–Crippen MR) is 223 cm³/mol. The topological polar surface area (TPSA) is 31.0 Å². The first-order valence-electron chi connectivity index (χ1n) is 17.9. The van der Waals surface area contributed by atoms with Crippen molar-refractivity contribution in [2.24, 2.45) is 0 Å². The molecule has 3 aromatic heterocycles. The molecule has 248 valence electrons. The molecule has 0 saturated carbocycles. The van der Waals surface area contributed by atoms with Gasteiger partial charge < -0.3 is 4.42 Å². The van der Waals surface area contributed by atoms with E-state index in [2.05, 4.69) is 180 Å². The minimum atomic E-state index is 0.898. The lowest BCUT2D eigenvalue weighted by atomic mass is 9.91. The average molecular weight is 695 g/mol. The Morgan fingerprint density at radius 1 is 0.453 bits per heavy atom. The van der Waals surface area contributed by atoms with Crippen LogP contribution in [-0.4, -0.2) is 9.55 Å². The maximum absolute atomic E-state index is 6.59. The van der Waals surface area contributed by atoms with Gasteiger partial charge in [-0.3, -0.25) is 4.57 Å². The number of imidazole rings is 1. The molecule has 0 aliphatic carbocycles. The van der Waals surface area contributed by atoms with E-state index >= 15 is 0 Å². The van der Waals surface area contributed by atoms with E-state index < -0.39 is 0 Å². The van der Waals surface area contributed by atoms with Crippen LogP contribution >= 0.6 is 11.3 Å². The Morgan fingerprint density at radius 3 is 2.00 bits per heavy atom. The molecule has 0 spiro atoms. The standard InChI is InChI=1S/C49H30N2OS/c1-2-15-36(16-3-1)51-44-24-7-6-23-43(44)50-49(51)32-14-10-13-31(27-32)33-28-34(37-19-11-21-41-39-17-4-8-25-45(39)52-47(37)41)30-35(29-33)38-20-12-22-42-40-18-5-9-26-46(40)53-48(38)42/h1-30H. The smallest absolute Gasteiger partial charge is 0.145 e. The summed E-state index contributed by atoms with van der Waals surface area (Å²) in [4.78, 5) is 5.19. The maximum atomic E-state index is 6.59. The molecule has 0 unspecified atom stereocenters. The highest BCUT2D eigenvalue weighted by Gasteiger charge is 2.18. The molecule has 0 bridgehead atoms. The van der Waals surface area contributed by atoms with Crippen LogP contribution in [0.1, 0.15) is 0 Å². The zero-order valence-electron chi connectivity index (χ0n) is 28.5. The van der Waals surface area contributed by atoms with Crippen molar-refractivity contribution in [3.8, 4) is 50.5 Å². The minimum absolute atomic E-state index is 0.898. The van der Waals surface area contributed by atoms with Gasteiger partial charge in [-0.2, -0.15) is 0 Å². The zero-order valence-corrected chi connectivity index (χ0v) is 29.3. The Balaban J connectivity index is 1.15. The first kappa shape index (κ1) is 29.9. The number of aromatic nitrogens is 2. The molecule has 11 aromatic rings. The Hall–Kier alpha value is -6.75. The number of hydrogen-bond donors (Lipinski definition) is 0. The van der Waals surface area contributed by atoms with Gasteiger partial charge in [0.2, 0.25) is 0 Å². The number of thiophene rings is 1. The van der Waals surface area contributed by atoms with Gasteiger partial charge >= 0.3 is 0 Å². The second-order valence-electron chi connectivity index (χ2n) is 13.5. The van der Waals surface area contributed by atoms with Crippen molar-refractivity contribution < 1.29 is 4.42 Å². The predicted octanol–water partition coefficient (Wildman–Crippen LogP) is 14.0. The molecule has 0 aliphatic rings. The fourth-order valence-corrected chi connectivity index (χ4v) is 9.19. The van der Waals surface area contributed by atoms with Crippen LogP contribution in [-0.2, 0) is 0 Å². The number of nitrogens with zero attached hydrogens (tertiary/aromatic N) is 2. The second-order valence-corrected chi connectivity index (χ2v) is 14.6. The summed E-state index contributed by atoms with van der Waals surface area (Å²) in [5, 5.41) is 4.84. The molecule has 0 amide bonds. The van der Waals surface area contributed by atoms with Gasteiger partial charge in [-0.05, 0) is 88.5 Å². The van der Waals surface area contributed by atoms with E-state index in [0.29, 0.717) is 0 Å². The summed E-state index contributed by atoms with van der Waals surface area (Å²) in [6, 6.07) is 64.9. The summed E-state index contributed by atoms with van der Waals surface area (Å²) >= 11 is 1.86. The van der Waals surface area contributed by atoms with Gasteiger partial charge in [0.1, 0.15) is 17.0 Å². The van der Waals surface area contributed by atoms with Gasteiger partial charge in [-0.25, -0.2) is 4.98 Å². The van der Waals surface area contributed by atoms with Crippen LogP contribution in [0, 0.1) is 0 Å². The highest BCUT2D eigenvalue weighted by Crippen LogP contribution is 2.44. The molecule has 11 rings (SSSR count). The van der Waals surface area contributed by atoms with Crippen LogP contribution in [0.2, 0.25) is 0 Å². The monoisotopic (exact) mass is 694 g/mol. The molecular formula is C49H30N2OS. The molecule has 0 saturated heterocycles. The molecule has 0 fully saturated rings. The van der Waals surface area contributed by atoms with Gasteiger partial charge in [0, 0.05) is 47.8 Å². The maximum Gasteiger partial charge on any atom is 0.145 e. The fraction of sp³-hybridized carbons (Fsp3) is 0. The summed E-state index contributed by atoms with van der Waals surface area (Å²) in [5.41, 5.74) is 12.8. The molecular weight excluding hydrogens is 665 g/mol. The third-order valence-electron chi connectivity index (χ3n) is 10.4. The summed E-state index contributed by atoms with van der Waals surface area (Å²) in [7, 11) is 0. The van der Waals surface area contributed by atoms with Crippen molar-refractivity contribution in [1.82, 2.24) is 9.55 Å². The summed E-state index contributed by atoms with van der Waals surface area (Å²) in [6.45, 7) is 0. The first-order valence-corrected chi connectivity index (χ1v) is 18.7. The van der Waals surface area contributed by atoms with E-state index in [1.165, 1.54) is 31.3 Å². The average Bonchev–Trinajstić information content (AvgIpc) is 3.93. The van der Waals surface area contributed by atoms with Gasteiger partial charge in [0.05, 0.1) is 11.0 Å². The van der Waals surface area contributed by atoms with Crippen molar-refractivity contribution in [2.75, 3.05) is 0 Å². The number of rotatable bonds is 5. The van der Waals surface area contributed by atoms with E-state index in [9.17, 15) is 0 Å². The second kappa shape index (κ2) is 11.9. The Morgan fingerprint density at radius 2 is 1.09 bits per heavy atom. The molecule has 8 aromatic carbocycles. The summed E-state index contributed by atoms with van der Waals surface area (Å²) in [5.74, 6) is 0.915. The molecule has 53 heavy (non-hydrogen) atoms. The summed E-state index contributed by atoms with van der Waals surface area (Å²) in [6.07, 6.45) is 0. The number of benzene rings is 8. The van der Waals surface area contributed by atoms with Crippen molar-refractivity contribution in [2.45, 2.75) is 0 Å². The lowest BCUT2D eigenvalue weighted by molar-refractivity contribution is 0.670. The molecule has 0 N–H and O–H groups in total. The molecule has 0 aliphatic heterocycles. The highest BCUT2D eigenvalue weighted by molar-refractivity contribution is 7.26. The molecule has 3 nitrogen and oxygen atoms in total. The molecule has 0 atom stereocenters. The first-order chi connectivity index (χ1) is 26.3. The Bertz CT molecular complexity index is 3050. The lowest BCUT2D eigenvalue weighted by Gasteiger charge is -2.14. The molecule has 0 radical (unpaired) electrons. The van der Waals surface area contributed by atoms with E-state index in [0.717, 1.165) is 72.3 Å². The van der Waals surface area contributed by atoms with Crippen molar-refractivity contribution >= 4 is 64.5 Å². The Labute approximate surface area is 309 Å². The number of para-hydroxylation sites is 5. The van der Waals surface area contributed by atoms with Crippen LogP contribution in [0.3, 0.4) is 0 Å². The van der Waals surface area contributed by atoms with Gasteiger partial charge in [0.15, 0.2) is 0 Å². The SMILES string of the molecule is c1ccc(-n2c(-c3cccc(-c4cc(-c5cccc6c5oc5ccccc56)cc(-c5cccc6c5sc5ccccc56)c4)c3)nc3ccccc32)cc1. The Kier molecular flexibility index (Phi) is 6.73. The summed E-state index contributed by atoms with van der Waals surface area (Å²) < 4.78 is 11.4. The van der Waals surface area contributed by atoms with E-state index in [1.807, 2.05) is 17.4 Å². The van der Waals surface area contributed by atoms with E-state index in [-0.39, 0.29) is 0 Å². The lowest BCUT2D eigenvalue weighted by Crippen LogP contribution is -1.97. The fourth-order valence-electron chi connectivity index (χ4n) is 7.95. The largest absolute Gasteiger partial charge is 0.455 e. The third-order valence-corrected chi connectivity index (χ3v) is 11.6. The number of fused-ring (bicyclic) bond motifs is 7.